The minimum atomic E-state index is -0.273. The number of carbonyl (C=O) groups is 1. The second-order valence-electron chi connectivity index (χ2n) is 6.70. The van der Waals surface area contributed by atoms with Crippen molar-refractivity contribution in [2.45, 2.75) is 39.8 Å². The second-order valence-corrected chi connectivity index (χ2v) is 6.70. The number of aryl methyl sites for hydroxylation is 2. The predicted octanol–water partition coefficient (Wildman–Crippen LogP) is 3.00. The predicted molar refractivity (Wildman–Crippen MR) is 92.4 cm³/mol. The van der Waals surface area contributed by atoms with Crippen LogP contribution in [0.1, 0.15) is 40.5 Å². The van der Waals surface area contributed by atoms with Crippen LogP contribution in [0.25, 0.3) is 0 Å². The van der Waals surface area contributed by atoms with E-state index in [4.69, 9.17) is 4.42 Å². The molecule has 1 fully saturated rings. The fourth-order valence-electron chi connectivity index (χ4n) is 2.85. The molecule has 1 aliphatic rings. The Morgan fingerprint density at radius 2 is 2.20 bits per heavy atom. The smallest absolute Gasteiger partial charge is 0.291 e. The zero-order valence-corrected chi connectivity index (χ0v) is 14.4. The van der Waals surface area contributed by atoms with Crippen molar-refractivity contribution in [2.24, 2.45) is 5.92 Å². The van der Waals surface area contributed by atoms with Crippen molar-refractivity contribution in [1.82, 2.24) is 19.6 Å². The van der Waals surface area contributed by atoms with Gasteiger partial charge in [0, 0.05) is 18.4 Å². The molecule has 1 amide bonds. The molecule has 0 spiro atoms. The molecule has 1 saturated carbocycles. The third-order valence-electron chi connectivity index (χ3n) is 4.33. The summed E-state index contributed by atoms with van der Waals surface area (Å²) >= 11 is 0. The van der Waals surface area contributed by atoms with Crippen LogP contribution in [0.3, 0.4) is 0 Å². The Morgan fingerprint density at radius 1 is 1.36 bits per heavy atom. The molecule has 1 aliphatic carbocycles. The van der Waals surface area contributed by atoms with E-state index in [0.29, 0.717) is 18.0 Å². The summed E-state index contributed by atoms with van der Waals surface area (Å²) in [6.07, 6.45) is 6.06. The fraction of sp³-hybridized carbons (Fsp3) is 0.389. The second kappa shape index (κ2) is 6.23. The first-order valence-electron chi connectivity index (χ1n) is 8.50. The van der Waals surface area contributed by atoms with Crippen molar-refractivity contribution in [1.29, 1.82) is 0 Å². The lowest BCUT2D eigenvalue weighted by atomic mass is 10.4. The van der Waals surface area contributed by atoms with Crippen LogP contribution < -0.4 is 5.32 Å². The highest BCUT2D eigenvalue weighted by atomic mass is 16.4. The molecule has 0 atom stereocenters. The lowest BCUT2D eigenvalue weighted by molar-refractivity contribution is 0.0994. The van der Waals surface area contributed by atoms with E-state index in [1.54, 1.807) is 12.3 Å². The summed E-state index contributed by atoms with van der Waals surface area (Å²) in [4.78, 5) is 12.3. The summed E-state index contributed by atoms with van der Waals surface area (Å²) in [6, 6.07) is 5.50. The molecule has 0 aliphatic heterocycles. The van der Waals surface area contributed by atoms with Crippen molar-refractivity contribution in [3.8, 4) is 0 Å². The zero-order valence-electron chi connectivity index (χ0n) is 14.4. The van der Waals surface area contributed by atoms with E-state index in [9.17, 15) is 4.79 Å². The van der Waals surface area contributed by atoms with Gasteiger partial charge in [-0.25, -0.2) is 0 Å². The van der Waals surface area contributed by atoms with Crippen molar-refractivity contribution in [2.75, 3.05) is 5.32 Å². The van der Waals surface area contributed by atoms with Gasteiger partial charge in [0.05, 0.1) is 24.1 Å². The van der Waals surface area contributed by atoms with Gasteiger partial charge in [-0.3, -0.25) is 14.2 Å². The molecule has 0 unspecified atom stereocenters. The molecular weight excluding hydrogens is 318 g/mol. The molecule has 0 saturated heterocycles. The maximum Gasteiger partial charge on any atom is 0.291 e. The van der Waals surface area contributed by atoms with E-state index in [1.807, 2.05) is 41.5 Å². The first-order valence-corrected chi connectivity index (χ1v) is 8.50. The number of hydrogen-bond acceptors (Lipinski definition) is 4. The summed E-state index contributed by atoms with van der Waals surface area (Å²) in [5, 5.41) is 11.5. The van der Waals surface area contributed by atoms with E-state index in [-0.39, 0.29) is 11.7 Å². The lowest BCUT2D eigenvalue weighted by Gasteiger charge is -2.02. The molecule has 3 aromatic rings. The van der Waals surface area contributed by atoms with Gasteiger partial charge in [-0.2, -0.15) is 10.2 Å². The highest BCUT2D eigenvalue weighted by Gasteiger charge is 2.22. The number of amides is 1. The number of nitrogens with one attached hydrogen (secondary N) is 1. The van der Waals surface area contributed by atoms with Gasteiger partial charge in [-0.05, 0) is 50.8 Å². The average molecular weight is 339 g/mol. The van der Waals surface area contributed by atoms with Gasteiger partial charge in [0.1, 0.15) is 5.76 Å². The third kappa shape index (κ3) is 3.65. The molecule has 7 heteroatoms. The van der Waals surface area contributed by atoms with E-state index < -0.39 is 0 Å². The SMILES string of the molecule is Cc1cc(C)n(Cc2ccc(C(=O)Nc3cnn(CC4CC4)c3)o2)n1. The number of aromatic nitrogens is 4. The van der Waals surface area contributed by atoms with Gasteiger partial charge < -0.3 is 9.73 Å². The molecule has 0 aromatic carbocycles. The molecule has 130 valence electrons. The highest BCUT2D eigenvalue weighted by molar-refractivity contribution is 6.02. The zero-order chi connectivity index (χ0) is 17.4. The van der Waals surface area contributed by atoms with Crippen molar-refractivity contribution in [3.05, 3.63) is 53.5 Å². The van der Waals surface area contributed by atoms with E-state index in [2.05, 4.69) is 15.5 Å². The van der Waals surface area contributed by atoms with E-state index >= 15 is 0 Å². The number of hydrogen-bond donors (Lipinski definition) is 1. The van der Waals surface area contributed by atoms with Crippen LogP contribution >= 0.6 is 0 Å². The van der Waals surface area contributed by atoms with Gasteiger partial charge in [0.25, 0.3) is 5.91 Å². The molecule has 0 bridgehead atoms. The van der Waals surface area contributed by atoms with Gasteiger partial charge in [-0.1, -0.05) is 0 Å². The van der Waals surface area contributed by atoms with Crippen LogP contribution in [0.4, 0.5) is 5.69 Å². The van der Waals surface area contributed by atoms with Gasteiger partial charge >= 0.3 is 0 Å². The number of furan rings is 1. The molecule has 25 heavy (non-hydrogen) atoms. The Morgan fingerprint density at radius 3 is 2.92 bits per heavy atom. The Labute approximate surface area is 145 Å². The first kappa shape index (κ1) is 15.7. The van der Waals surface area contributed by atoms with Crippen LogP contribution in [-0.4, -0.2) is 25.5 Å². The first-order chi connectivity index (χ1) is 12.1. The van der Waals surface area contributed by atoms with E-state index in [1.165, 1.54) is 12.8 Å². The Bertz CT molecular complexity index is 900. The molecule has 0 radical (unpaired) electrons. The van der Waals surface area contributed by atoms with Crippen molar-refractivity contribution >= 4 is 11.6 Å². The minimum Gasteiger partial charge on any atom is -0.454 e. The number of nitrogens with zero attached hydrogens (tertiary/aromatic N) is 4. The maximum absolute atomic E-state index is 12.3. The molecule has 3 heterocycles. The van der Waals surface area contributed by atoms with Crippen LogP contribution in [0, 0.1) is 19.8 Å². The summed E-state index contributed by atoms with van der Waals surface area (Å²) in [5.74, 6) is 1.45. The molecule has 3 aromatic heterocycles. The molecular formula is C18H21N5O2. The Kier molecular flexibility index (Phi) is 3.91. The van der Waals surface area contributed by atoms with Crippen LogP contribution in [0.15, 0.2) is 35.0 Å². The molecule has 7 nitrogen and oxygen atoms in total. The van der Waals surface area contributed by atoms with Crippen LogP contribution in [0.2, 0.25) is 0 Å². The average Bonchev–Trinajstić information content (AvgIpc) is 2.93. The summed E-state index contributed by atoms with van der Waals surface area (Å²) in [7, 11) is 0. The van der Waals surface area contributed by atoms with Crippen molar-refractivity contribution < 1.29 is 9.21 Å². The van der Waals surface area contributed by atoms with Gasteiger partial charge in [-0.15, -0.1) is 0 Å². The number of carbonyl (C=O) groups excluding carboxylic acids is 1. The standard InChI is InChI=1S/C18H21N5O2/c1-12-7-13(2)23(21-12)11-16-5-6-17(25-16)18(24)20-15-8-19-22(10-15)9-14-3-4-14/h5-8,10,14H,3-4,9,11H2,1-2H3,(H,20,24). The highest BCUT2D eigenvalue weighted by Crippen LogP contribution is 2.30. The summed E-state index contributed by atoms with van der Waals surface area (Å²) in [6.45, 7) is 5.37. The third-order valence-corrected chi connectivity index (χ3v) is 4.33. The van der Waals surface area contributed by atoms with E-state index in [0.717, 1.165) is 23.9 Å². The van der Waals surface area contributed by atoms with Crippen LogP contribution in [-0.2, 0) is 13.1 Å². The number of anilines is 1. The van der Waals surface area contributed by atoms with Crippen LogP contribution in [0.5, 0.6) is 0 Å². The summed E-state index contributed by atoms with van der Waals surface area (Å²) < 4.78 is 9.40. The summed E-state index contributed by atoms with van der Waals surface area (Å²) in [5.41, 5.74) is 2.70. The molecule has 1 N–H and O–H groups in total. The lowest BCUT2D eigenvalue weighted by Crippen LogP contribution is -2.10. The largest absolute Gasteiger partial charge is 0.454 e. The minimum absolute atomic E-state index is 0.273. The quantitative estimate of drug-likeness (QED) is 0.749. The Balaban J connectivity index is 1.39. The van der Waals surface area contributed by atoms with Gasteiger partial charge in [0.15, 0.2) is 5.76 Å². The molecule has 4 rings (SSSR count). The topological polar surface area (TPSA) is 77.9 Å². The maximum atomic E-state index is 12.3. The Hall–Kier alpha value is -2.83. The van der Waals surface area contributed by atoms with Crippen molar-refractivity contribution in [3.63, 3.8) is 0 Å². The monoisotopic (exact) mass is 339 g/mol. The fourth-order valence-corrected chi connectivity index (χ4v) is 2.85. The number of rotatable bonds is 6. The normalized spacial score (nSPS) is 14.0. The van der Waals surface area contributed by atoms with Gasteiger partial charge in [0.2, 0.25) is 0 Å².